The number of nitrogens with one attached hydrogen (secondary N) is 1. The summed E-state index contributed by atoms with van der Waals surface area (Å²) in [6, 6.07) is 0.519. The van der Waals surface area contributed by atoms with Crippen molar-refractivity contribution in [2.45, 2.75) is 32.7 Å². The van der Waals surface area contributed by atoms with Gasteiger partial charge in [-0.25, -0.2) is 8.42 Å². The van der Waals surface area contributed by atoms with E-state index in [0.717, 1.165) is 18.7 Å². The minimum Gasteiger partial charge on any atom is -0.313 e. The molecule has 1 aliphatic heterocycles. The van der Waals surface area contributed by atoms with Gasteiger partial charge in [0.2, 0.25) is 0 Å². The second kappa shape index (κ2) is 5.74. The third-order valence-electron chi connectivity index (χ3n) is 3.20. The molecule has 1 saturated heterocycles. The first-order valence-corrected chi connectivity index (χ1v) is 9.02. The van der Waals surface area contributed by atoms with Crippen molar-refractivity contribution in [2.75, 3.05) is 30.1 Å². The summed E-state index contributed by atoms with van der Waals surface area (Å²) in [7, 11) is -2.80. The molecule has 1 rings (SSSR count). The first-order chi connectivity index (χ1) is 7.31. The number of hydrogen-bond donors (Lipinski definition) is 1. The van der Waals surface area contributed by atoms with E-state index in [9.17, 15) is 8.42 Å². The van der Waals surface area contributed by atoms with Crippen molar-refractivity contribution in [3.63, 3.8) is 0 Å². The second-order valence-electron chi connectivity index (χ2n) is 5.30. The molecule has 1 fully saturated rings. The zero-order chi connectivity index (χ0) is 12.2. The molecule has 0 bridgehead atoms. The van der Waals surface area contributed by atoms with Crippen LogP contribution in [0.1, 0.15) is 26.7 Å². The van der Waals surface area contributed by atoms with Gasteiger partial charge in [0, 0.05) is 18.1 Å². The Labute approximate surface area is 104 Å². The van der Waals surface area contributed by atoms with Crippen LogP contribution in [0.25, 0.3) is 0 Å². The van der Waals surface area contributed by atoms with Gasteiger partial charge in [-0.15, -0.1) is 0 Å². The molecular formula is C11H23NO2S2. The van der Waals surface area contributed by atoms with E-state index in [4.69, 9.17) is 0 Å². The first kappa shape index (κ1) is 14.3. The Morgan fingerprint density at radius 3 is 2.69 bits per heavy atom. The lowest BCUT2D eigenvalue weighted by atomic mass is 9.82. The minimum atomic E-state index is -2.80. The van der Waals surface area contributed by atoms with Crippen molar-refractivity contribution in [3.05, 3.63) is 0 Å². The van der Waals surface area contributed by atoms with E-state index >= 15 is 0 Å². The van der Waals surface area contributed by atoms with Crippen molar-refractivity contribution in [3.8, 4) is 0 Å². The van der Waals surface area contributed by atoms with E-state index in [1.54, 1.807) is 0 Å². The summed E-state index contributed by atoms with van der Waals surface area (Å²) in [5.41, 5.74) is 0.344. The highest BCUT2D eigenvalue weighted by atomic mass is 32.2. The maximum atomic E-state index is 11.0. The standard InChI is InChI=1S/C11H23NO2S2/c1-11(2)5-7-15-9-10(11)12-6-4-8-16(3,13)14/h10,12H,4-9H2,1-3H3. The van der Waals surface area contributed by atoms with Crippen LogP contribution in [-0.4, -0.2) is 44.5 Å². The molecule has 1 heterocycles. The molecule has 1 unspecified atom stereocenters. The van der Waals surface area contributed by atoms with Crippen molar-refractivity contribution >= 4 is 21.6 Å². The summed E-state index contributed by atoms with van der Waals surface area (Å²) < 4.78 is 22.0. The number of rotatable bonds is 5. The summed E-state index contributed by atoms with van der Waals surface area (Å²) >= 11 is 1.99. The lowest BCUT2D eigenvalue weighted by molar-refractivity contribution is 0.247. The molecule has 1 aliphatic rings. The van der Waals surface area contributed by atoms with Crippen molar-refractivity contribution in [2.24, 2.45) is 5.41 Å². The van der Waals surface area contributed by atoms with E-state index in [1.807, 2.05) is 11.8 Å². The molecule has 0 radical (unpaired) electrons. The summed E-state index contributed by atoms with van der Waals surface area (Å²) in [6.45, 7) is 5.39. The van der Waals surface area contributed by atoms with E-state index in [0.29, 0.717) is 17.2 Å². The molecule has 3 nitrogen and oxygen atoms in total. The van der Waals surface area contributed by atoms with Crippen LogP contribution in [0, 0.1) is 5.41 Å². The molecule has 0 aromatic heterocycles. The van der Waals surface area contributed by atoms with Crippen LogP contribution in [0.4, 0.5) is 0 Å². The number of sulfone groups is 1. The third kappa shape index (κ3) is 5.06. The normalized spacial score (nSPS) is 25.6. The van der Waals surface area contributed by atoms with Gasteiger partial charge in [0.1, 0.15) is 9.84 Å². The molecule has 5 heteroatoms. The van der Waals surface area contributed by atoms with E-state index in [2.05, 4.69) is 19.2 Å². The monoisotopic (exact) mass is 265 g/mol. The molecule has 0 aromatic rings. The Morgan fingerprint density at radius 2 is 2.12 bits per heavy atom. The molecule has 0 spiro atoms. The summed E-state index contributed by atoms with van der Waals surface area (Å²) in [4.78, 5) is 0. The summed E-state index contributed by atoms with van der Waals surface area (Å²) in [5, 5.41) is 3.50. The Hall–Kier alpha value is 0.260. The zero-order valence-electron chi connectivity index (χ0n) is 10.5. The van der Waals surface area contributed by atoms with Gasteiger partial charge < -0.3 is 5.32 Å². The Balaban J connectivity index is 2.26. The average Bonchev–Trinajstić information content (AvgIpc) is 2.12. The van der Waals surface area contributed by atoms with Crippen LogP contribution in [0.2, 0.25) is 0 Å². The molecule has 0 amide bonds. The van der Waals surface area contributed by atoms with Crippen LogP contribution in [0.3, 0.4) is 0 Å². The average molecular weight is 265 g/mol. The largest absolute Gasteiger partial charge is 0.313 e. The second-order valence-corrected chi connectivity index (χ2v) is 8.71. The van der Waals surface area contributed by atoms with Gasteiger partial charge >= 0.3 is 0 Å². The zero-order valence-corrected chi connectivity index (χ0v) is 12.1. The highest BCUT2D eigenvalue weighted by Crippen LogP contribution is 2.33. The van der Waals surface area contributed by atoms with Crippen molar-refractivity contribution < 1.29 is 8.42 Å². The predicted octanol–water partition coefficient (Wildman–Crippen LogP) is 1.54. The van der Waals surface area contributed by atoms with Gasteiger partial charge in [-0.2, -0.15) is 11.8 Å². The molecule has 0 aromatic carbocycles. The Bertz CT molecular complexity index is 312. The molecule has 0 saturated carbocycles. The highest BCUT2D eigenvalue weighted by Gasteiger charge is 2.31. The fourth-order valence-electron chi connectivity index (χ4n) is 1.88. The molecule has 96 valence electrons. The van der Waals surface area contributed by atoms with Gasteiger partial charge in [-0.05, 0) is 30.6 Å². The quantitative estimate of drug-likeness (QED) is 0.766. The number of thioether (sulfide) groups is 1. The Morgan fingerprint density at radius 1 is 1.44 bits per heavy atom. The maximum Gasteiger partial charge on any atom is 0.147 e. The highest BCUT2D eigenvalue weighted by molar-refractivity contribution is 7.99. The van der Waals surface area contributed by atoms with E-state index in [1.165, 1.54) is 18.4 Å². The van der Waals surface area contributed by atoms with Crippen LogP contribution in [0.15, 0.2) is 0 Å². The van der Waals surface area contributed by atoms with Gasteiger partial charge in [-0.1, -0.05) is 13.8 Å². The van der Waals surface area contributed by atoms with Crippen LogP contribution in [0.5, 0.6) is 0 Å². The van der Waals surface area contributed by atoms with E-state index < -0.39 is 9.84 Å². The third-order valence-corrected chi connectivity index (χ3v) is 5.29. The first-order valence-electron chi connectivity index (χ1n) is 5.80. The van der Waals surface area contributed by atoms with Crippen LogP contribution in [-0.2, 0) is 9.84 Å². The summed E-state index contributed by atoms with van der Waals surface area (Å²) in [5.74, 6) is 2.68. The SMILES string of the molecule is CC1(C)CCSCC1NCCCS(C)(=O)=O. The molecular weight excluding hydrogens is 242 g/mol. The predicted molar refractivity (Wildman–Crippen MR) is 71.8 cm³/mol. The lowest BCUT2D eigenvalue weighted by Gasteiger charge is -2.38. The van der Waals surface area contributed by atoms with Gasteiger partial charge in [0.05, 0.1) is 5.75 Å². The number of hydrogen-bond acceptors (Lipinski definition) is 4. The van der Waals surface area contributed by atoms with Crippen molar-refractivity contribution in [1.82, 2.24) is 5.32 Å². The van der Waals surface area contributed by atoms with Crippen molar-refractivity contribution in [1.29, 1.82) is 0 Å². The summed E-state index contributed by atoms with van der Waals surface area (Å²) in [6.07, 6.45) is 3.25. The van der Waals surface area contributed by atoms with Crippen LogP contribution < -0.4 is 5.32 Å². The molecule has 0 aliphatic carbocycles. The maximum absolute atomic E-state index is 11.0. The Kier molecular flexibility index (Phi) is 5.13. The fraction of sp³-hybridized carbons (Fsp3) is 1.00. The fourth-order valence-corrected chi connectivity index (χ4v) is 4.19. The van der Waals surface area contributed by atoms with Gasteiger partial charge in [0.25, 0.3) is 0 Å². The molecule has 16 heavy (non-hydrogen) atoms. The smallest absolute Gasteiger partial charge is 0.147 e. The lowest BCUT2D eigenvalue weighted by Crippen LogP contribution is -2.47. The van der Waals surface area contributed by atoms with E-state index in [-0.39, 0.29) is 0 Å². The minimum absolute atomic E-state index is 0.292. The topological polar surface area (TPSA) is 46.2 Å². The molecule has 1 N–H and O–H groups in total. The van der Waals surface area contributed by atoms with Gasteiger partial charge in [0.15, 0.2) is 0 Å². The van der Waals surface area contributed by atoms with Gasteiger partial charge in [-0.3, -0.25) is 0 Å². The molecule has 1 atom stereocenters. The van der Waals surface area contributed by atoms with Crippen LogP contribution >= 0.6 is 11.8 Å².